The predicted octanol–water partition coefficient (Wildman–Crippen LogP) is 4.58. The van der Waals surface area contributed by atoms with E-state index in [0.717, 1.165) is 30.8 Å². The van der Waals surface area contributed by atoms with Gasteiger partial charge in [-0.1, -0.05) is 30.5 Å². The van der Waals surface area contributed by atoms with Gasteiger partial charge in [-0.3, -0.25) is 0 Å². The van der Waals surface area contributed by atoms with Crippen LogP contribution in [0.4, 0.5) is 4.39 Å². The maximum Gasteiger partial charge on any atom is 0.141 e. The first kappa shape index (κ1) is 14.3. The molecule has 2 fully saturated rings. The molecule has 20 heavy (non-hydrogen) atoms. The summed E-state index contributed by atoms with van der Waals surface area (Å²) in [7, 11) is 0. The zero-order valence-corrected chi connectivity index (χ0v) is 12.6. The van der Waals surface area contributed by atoms with E-state index in [2.05, 4.69) is 5.32 Å². The lowest BCUT2D eigenvalue weighted by atomic mass is 9.76. The molecule has 2 atom stereocenters. The maximum atomic E-state index is 13.2. The van der Waals surface area contributed by atoms with Crippen LogP contribution in [0.15, 0.2) is 18.2 Å². The summed E-state index contributed by atoms with van der Waals surface area (Å²) in [5.74, 6) is 1.18. The molecule has 3 heteroatoms. The first-order valence-corrected chi connectivity index (χ1v) is 8.27. The van der Waals surface area contributed by atoms with E-state index in [0.29, 0.717) is 0 Å². The number of rotatable bonds is 5. The van der Waals surface area contributed by atoms with Crippen LogP contribution in [0.5, 0.6) is 0 Å². The van der Waals surface area contributed by atoms with Gasteiger partial charge in [-0.05, 0) is 68.2 Å². The molecule has 1 nitrogen and oxygen atoms in total. The van der Waals surface area contributed by atoms with E-state index in [9.17, 15) is 4.39 Å². The predicted molar refractivity (Wildman–Crippen MR) is 81.6 cm³/mol. The van der Waals surface area contributed by atoms with Gasteiger partial charge in [0, 0.05) is 6.04 Å². The van der Waals surface area contributed by atoms with Crippen LogP contribution in [0.2, 0.25) is 5.02 Å². The zero-order valence-electron chi connectivity index (χ0n) is 11.9. The lowest BCUT2D eigenvalue weighted by Crippen LogP contribution is -2.32. The molecule has 1 aromatic carbocycles. The topological polar surface area (TPSA) is 12.0 Å². The molecular formula is C17H23ClFN. The van der Waals surface area contributed by atoms with Crippen LogP contribution in [-0.2, 0) is 6.42 Å². The van der Waals surface area contributed by atoms with E-state index >= 15 is 0 Å². The Morgan fingerprint density at radius 3 is 2.55 bits per heavy atom. The van der Waals surface area contributed by atoms with Crippen LogP contribution < -0.4 is 5.32 Å². The molecule has 0 aromatic heterocycles. The normalized spacial score (nSPS) is 26.7. The number of halogens is 2. The standard InChI is InChI=1S/C17H23ClFN/c18-16-10-12(5-8-17(16)19)9-13-3-1-2-4-14(13)11-20-15-6-7-15/h5,8,10,13-15,20H,1-4,6-7,9,11H2. The molecule has 2 unspecified atom stereocenters. The highest BCUT2D eigenvalue weighted by atomic mass is 35.5. The van der Waals surface area contributed by atoms with Crippen molar-refractivity contribution in [3.63, 3.8) is 0 Å². The molecule has 0 aliphatic heterocycles. The van der Waals surface area contributed by atoms with E-state index in [4.69, 9.17) is 11.6 Å². The third kappa shape index (κ3) is 3.73. The van der Waals surface area contributed by atoms with E-state index in [1.54, 1.807) is 6.07 Å². The van der Waals surface area contributed by atoms with Crippen LogP contribution in [0, 0.1) is 17.7 Å². The lowest BCUT2D eigenvalue weighted by Gasteiger charge is -2.32. The Labute approximate surface area is 125 Å². The van der Waals surface area contributed by atoms with Crippen molar-refractivity contribution in [2.75, 3.05) is 6.54 Å². The molecule has 0 saturated heterocycles. The summed E-state index contributed by atoms with van der Waals surface area (Å²) in [6.07, 6.45) is 9.06. The highest BCUT2D eigenvalue weighted by molar-refractivity contribution is 6.30. The van der Waals surface area contributed by atoms with Gasteiger partial charge in [0.25, 0.3) is 0 Å². The Balaban J connectivity index is 1.61. The van der Waals surface area contributed by atoms with E-state index < -0.39 is 0 Å². The molecule has 2 aliphatic rings. The van der Waals surface area contributed by atoms with Crippen molar-refractivity contribution in [3.8, 4) is 0 Å². The second kappa shape index (κ2) is 6.44. The van der Waals surface area contributed by atoms with Crippen molar-refractivity contribution in [3.05, 3.63) is 34.6 Å². The van der Waals surface area contributed by atoms with Gasteiger partial charge in [-0.2, -0.15) is 0 Å². The fourth-order valence-electron chi connectivity index (χ4n) is 3.40. The van der Waals surface area contributed by atoms with Gasteiger partial charge in [-0.15, -0.1) is 0 Å². The van der Waals surface area contributed by atoms with Gasteiger partial charge in [0.05, 0.1) is 5.02 Å². The molecule has 0 heterocycles. The fourth-order valence-corrected chi connectivity index (χ4v) is 3.60. The van der Waals surface area contributed by atoms with E-state index in [-0.39, 0.29) is 10.8 Å². The molecule has 1 aromatic rings. The quantitative estimate of drug-likeness (QED) is 0.838. The number of benzene rings is 1. The summed E-state index contributed by atoms with van der Waals surface area (Å²) in [5, 5.41) is 3.93. The third-order valence-corrected chi connectivity index (χ3v) is 5.08. The molecule has 0 radical (unpaired) electrons. The van der Waals surface area contributed by atoms with Crippen molar-refractivity contribution in [2.24, 2.45) is 11.8 Å². The number of hydrogen-bond acceptors (Lipinski definition) is 1. The number of hydrogen-bond donors (Lipinski definition) is 1. The summed E-state index contributed by atoms with van der Waals surface area (Å²) >= 11 is 5.89. The van der Waals surface area contributed by atoms with Gasteiger partial charge < -0.3 is 5.32 Å². The molecule has 3 rings (SSSR count). The molecule has 110 valence electrons. The van der Waals surface area contributed by atoms with E-state index in [1.807, 2.05) is 6.07 Å². The van der Waals surface area contributed by atoms with Crippen LogP contribution in [0.1, 0.15) is 44.1 Å². The summed E-state index contributed by atoms with van der Waals surface area (Å²) in [5.41, 5.74) is 1.18. The fraction of sp³-hybridized carbons (Fsp3) is 0.647. The summed E-state index contributed by atoms with van der Waals surface area (Å²) < 4.78 is 13.2. The van der Waals surface area contributed by atoms with Gasteiger partial charge >= 0.3 is 0 Å². The SMILES string of the molecule is Fc1ccc(CC2CCCCC2CNC2CC2)cc1Cl. The Morgan fingerprint density at radius 2 is 1.85 bits per heavy atom. The van der Waals surface area contributed by atoms with Crippen molar-refractivity contribution < 1.29 is 4.39 Å². The molecule has 0 amide bonds. The second-order valence-electron chi connectivity index (χ2n) is 6.44. The van der Waals surface area contributed by atoms with Crippen LogP contribution in [-0.4, -0.2) is 12.6 Å². The monoisotopic (exact) mass is 295 g/mol. The molecule has 0 bridgehead atoms. The molecule has 2 saturated carbocycles. The molecule has 0 spiro atoms. The largest absolute Gasteiger partial charge is 0.314 e. The highest BCUT2D eigenvalue weighted by Crippen LogP contribution is 2.33. The molecular weight excluding hydrogens is 273 g/mol. The minimum absolute atomic E-state index is 0.256. The number of nitrogens with one attached hydrogen (secondary N) is 1. The summed E-state index contributed by atoms with van der Waals surface area (Å²) in [4.78, 5) is 0. The van der Waals surface area contributed by atoms with Gasteiger partial charge in [0.15, 0.2) is 0 Å². The van der Waals surface area contributed by atoms with Crippen LogP contribution >= 0.6 is 11.6 Å². The average molecular weight is 296 g/mol. The minimum Gasteiger partial charge on any atom is -0.314 e. The van der Waals surface area contributed by atoms with Crippen molar-refractivity contribution in [2.45, 2.75) is 51.0 Å². The lowest BCUT2D eigenvalue weighted by molar-refractivity contribution is 0.228. The van der Waals surface area contributed by atoms with Crippen LogP contribution in [0.25, 0.3) is 0 Å². The average Bonchev–Trinajstić information content (AvgIpc) is 3.26. The Kier molecular flexibility index (Phi) is 4.62. The van der Waals surface area contributed by atoms with Gasteiger partial charge in [0.1, 0.15) is 5.82 Å². The minimum atomic E-state index is -0.314. The summed E-state index contributed by atoms with van der Waals surface area (Å²) in [6.45, 7) is 1.16. The van der Waals surface area contributed by atoms with Crippen molar-refractivity contribution in [1.29, 1.82) is 0 Å². The van der Waals surface area contributed by atoms with Crippen molar-refractivity contribution in [1.82, 2.24) is 5.32 Å². The zero-order chi connectivity index (χ0) is 13.9. The Bertz CT molecular complexity index is 458. The summed E-state index contributed by atoms with van der Waals surface area (Å²) in [6, 6.07) is 5.98. The third-order valence-electron chi connectivity index (χ3n) is 4.79. The molecule has 2 aliphatic carbocycles. The van der Waals surface area contributed by atoms with Crippen LogP contribution in [0.3, 0.4) is 0 Å². The van der Waals surface area contributed by atoms with Gasteiger partial charge in [-0.25, -0.2) is 4.39 Å². The first-order valence-electron chi connectivity index (χ1n) is 7.89. The highest BCUT2D eigenvalue weighted by Gasteiger charge is 2.28. The Hall–Kier alpha value is -0.600. The Morgan fingerprint density at radius 1 is 1.10 bits per heavy atom. The smallest absolute Gasteiger partial charge is 0.141 e. The van der Waals surface area contributed by atoms with Crippen molar-refractivity contribution >= 4 is 11.6 Å². The molecule has 1 N–H and O–H groups in total. The first-order chi connectivity index (χ1) is 9.72. The second-order valence-corrected chi connectivity index (χ2v) is 6.85. The van der Waals surface area contributed by atoms with E-state index in [1.165, 1.54) is 50.2 Å². The maximum absolute atomic E-state index is 13.2. The van der Waals surface area contributed by atoms with Gasteiger partial charge in [0.2, 0.25) is 0 Å².